The highest BCUT2D eigenvalue weighted by Gasteiger charge is 2.51. The summed E-state index contributed by atoms with van der Waals surface area (Å²) in [4.78, 5) is 71.6. The van der Waals surface area contributed by atoms with Crippen molar-refractivity contribution in [2.75, 3.05) is 25.1 Å². The summed E-state index contributed by atoms with van der Waals surface area (Å²) in [6, 6.07) is 20.0. The molecule has 57 heavy (non-hydrogen) atoms. The minimum atomic E-state index is -1.60. The molecule has 0 saturated carbocycles. The summed E-state index contributed by atoms with van der Waals surface area (Å²) in [5.74, 6) is -2.07. The summed E-state index contributed by atoms with van der Waals surface area (Å²) in [6.07, 6.45) is 9.70. The maximum atomic E-state index is 14.3. The van der Waals surface area contributed by atoms with Gasteiger partial charge in [0.05, 0.1) is 34.8 Å². The minimum absolute atomic E-state index is 0.0249. The molecule has 1 fully saturated rings. The molecule has 308 valence electrons. The van der Waals surface area contributed by atoms with E-state index in [4.69, 9.17) is 25.8 Å². The van der Waals surface area contributed by atoms with Crippen molar-refractivity contribution in [3.8, 4) is 5.75 Å². The quantitative estimate of drug-likeness (QED) is 0.0509. The number of hydrogen-bond donors (Lipinski definition) is 1. The Labute approximate surface area is 342 Å². The summed E-state index contributed by atoms with van der Waals surface area (Å²) in [6.45, 7) is 7.63. The number of unbranched alkanes of at least 4 members (excludes halogenated alkanes) is 9. The number of nitrogens with one attached hydrogen (secondary N) is 1. The zero-order valence-corrected chi connectivity index (χ0v) is 34.6. The fourth-order valence-electron chi connectivity index (χ4n) is 6.54. The summed E-state index contributed by atoms with van der Waals surface area (Å²) in [7, 11) is 0. The number of ether oxygens (including phenoxy) is 3. The Balaban J connectivity index is 1.49. The summed E-state index contributed by atoms with van der Waals surface area (Å²) in [5, 5.41) is 2.80. The van der Waals surface area contributed by atoms with Crippen LogP contribution < -0.4 is 10.1 Å². The Morgan fingerprint density at radius 2 is 1.44 bits per heavy atom. The van der Waals surface area contributed by atoms with E-state index in [2.05, 4.69) is 12.2 Å². The Bertz CT molecular complexity index is 1770. The van der Waals surface area contributed by atoms with Crippen LogP contribution in [-0.4, -0.2) is 71.5 Å². The predicted molar refractivity (Wildman–Crippen MR) is 221 cm³/mol. The predicted octanol–water partition coefficient (Wildman–Crippen LogP) is 9.62. The van der Waals surface area contributed by atoms with Gasteiger partial charge in [0.2, 0.25) is 12.1 Å². The molecule has 1 aliphatic heterocycles. The molecule has 0 radical (unpaired) electrons. The molecule has 11 nitrogen and oxygen atoms in total. The van der Waals surface area contributed by atoms with Gasteiger partial charge in [-0.25, -0.2) is 14.5 Å². The molecule has 1 heterocycles. The SMILES string of the molecule is CCCCCCCCCCCCOC(=O)c1ccc(Cl)c(NC(=O)C(CC(=O)C(C)(C)COc2ccccc2)N2C(=O)C(OCC)N(Cc3ccccc3)C2=O)c1. The maximum absolute atomic E-state index is 14.3. The van der Waals surface area contributed by atoms with Gasteiger partial charge in [0.15, 0.2) is 0 Å². The summed E-state index contributed by atoms with van der Waals surface area (Å²) < 4.78 is 17.2. The normalized spacial score (nSPS) is 14.8. The van der Waals surface area contributed by atoms with Gasteiger partial charge in [-0.15, -0.1) is 0 Å². The lowest BCUT2D eigenvalue weighted by Gasteiger charge is -2.29. The highest BCUT2D eigenvalue weighted by molar-refractivity contribution is 6.34. The number of Topliss-reactive ketones (excluding diaryl/α,β-unsaturated/α-hetero) is 1. The number of rotatable bonds is 25. The topological polar surface area (TPSA) is 132 Å². The molecule has 2 unspecified atom stereocenters. The zero-order valence-electron chi connectivity index (χ0n) is 33.8. The number of anilines is 1. The third-order valence-corrected chi connectivity index (χ3v) is 10.3. The van der Waals surface area contributed by atoms with Crippen LogP contribution in [0.2, 0.25) is 5.02 Å². The van der Waals surface area contributed by atoms with Crippen LogP contribution in [0.4, 0.5) is 10.5 Å². The molecule has 3 aromatic carbocycles. The number of imide groups is 1. The highest BCUT2D eigenvalue weighted by atomic mass is 35.5. The third kappa shape index (κ3) is 13.4. The summed E-state index contributed by atoms with van der Waals surface area (Å²) >= 11 is 6.52. The second-order valence-corrected chi connectivity index (χ2v) is 15.4. The molecule has 0 spiro atoms. The Hall–Kier alpha value is -4.74. The fraction of sp³-hybridized carbons (Fsp3) is 0.489. The summed E-state index contributed by atoms with van der Waals surface area (Å²) in [5.41, 5.74) is -0.169. The first-order valence-electron chi connectivity index (χ1n) is 20.2. The van der Waals surface area contributed by atoms with E-state index in [0.29, 0.717) is 5.75 Å². The van der Waals surface area contributed by atoms with Crippen molar-refractivity contribution in [2.24, 2.45) is 5.41 Å². The van der Waals surface area contributed by atoms with Crippen LogP contribution in [0.15, 0.2) is 78.9 Å². The van der Waals surface area contributed by atoms with Crippen LogP contribution in [0.1, 0.15) is 114 Å². The molecule has 3 aromatic rings. The Morgan fingerprint density at radius 3 is 2.07 bits per heavy atom. The van der Waals surface area contributed by atoms with Gasteiger partial charge < -0.3 is 19.5 Å². The van der Waals surface area contributed by atoms with E-state index in [9.17, 15) is 24.0 Å². The second-order valence-electron chi connectivity index (χ2n) is 15.0. The van der Waals surface area contributed by atoms with E-state index in [1.165, 1.54) is 61.6 Å². The van der Waals surface area contributed by atoms with Crippen LogP contribution in [0.5, 0.6) is 5.75 Å². The molecule has 4 amide bonds. The molecule has 12 heteroatoms. The first kappa shape index (κ1) is 45.0. The first-order chi connectivity index (χ1) is 27.5. The van der Waals surface area contributed by atoms with Crippen molar-refractivity contribution in [1.29, 1.82) is 0 Å². The minimum Gasteiger partial charge on any atom is -0.493 e. The fourth-order valence-corrected chi connectivity index (χ4v) is 6.70. The van der Waals surface area contributed by atoms with Crippen LogP contribution in [0, 0.1) is 5.41 Å². The van der Waals surface area contributed by atoms with Gasteiger partial charge in [-0.3, -0.25) is 19.3 Å². The molecule has 1 N–H and O–H groups in total. The average molecular weight is 804 g/mol. The molecular formula is C45H58ClN3O8. The molecule has 0 bridgehead atoms. The molecule has 0 aliphatic carbocycles. The average Bonchev–Trinajstić information content (AvgIpc) is 3.43. The number of amides is 4. The Kier molecular flexibility index (Phi) is 18.0. The largest absolute Gasteiger partial charge is 0.493 e. The lowest BCUT2D eigenvalue weighted by atomic mass is 9.85. The highest BCUT2D eigenvalue weighted by Crippen LogP contribution is 2.31. The third-order valence-electron chi connectivity index (χ3n) is 9.99. The van der Waals surface area contributed by atoms with E-state index in [1.54, 1.807) is 32.9 Å². The standard InChI is InChI=1S/C45H58ClN3O8/c1-5-7-8-9-10-11-12-13-14-21-28-56-43(53)34-26-27-36(46)37(29-34)47-40(51)38(30-39(50)45(3,4)32-57-35-24-19-16-20-25-35)49-41(52)42(55-6-2)48(44(49)54)31-33-22-17-15-18-23-33/h15-20,22-27,29,38,42H,5-14,21,28,30-32H2,1-4H3,(H,47,51). The van der Waals surface area contributed by atoms with E-state index in [0.717, 1.165) is 36.1 Å². The number of carbonyl (C=O) groups excluding carboxylic acids is 5. The van der Waals surface area contributed by atoms with Gasteiger partial charge in [-0.05, 0) is 63.1 Å². The van der Waals surface area contributed by atoms with Gasteiger partial charge in [-0.1, -0.05) is 125 Å². The van der Waals surface area contributed by atoms with Crippen molar-refractivity contribution in [1.82, 2.24) is 9.80 Å². The molecule has 1 saturated heterocycles. The number of esters is 1. The number of urea groups is 1. The number of hydrogen-bond acceptors (Lipinski definition) is 8. The van der Waals surface area contributed by atoms with E-state index in [1.807, 2.05) is 48.5 Å². The van der Waals surface area contributed by atoms with E-state index < -0.39 is 53.7 Å². The molecule has 0 aromatic heterocycles. The molecule has 1 aliphatic rings. The first-order valence-corrected chi connectivity index (χ1v) is 20.6. The van der Waals surface area contributed by atoms with Crippen molar-refractivity contribution in [2.45, 2.75) is 117 Å². The van der Waals surface area contributed by atoms with Crippen molar-refractivity contribution >= 4 is 46.9 Å². The zero-order chi connectivity index (χ0) is 41.2. The number of nitrogens with zero attached hydrogens (tertiary/aromatic N) is 2. The number of benzene rings is 3. The van der Waals surface area contributed by atoms with E-state index in [-0.39, 0.29) is 42.6 Å². The van der Waals surface area contributed by atoms with Crippen molar-refractivity contribution in [3.05, 3.63) is 95.0 Å². The Morgan fingerprint density at radius 1 is 0.825 bits per heavy atom. The van der Waals surface area contributed by atoms with Gasteiger partial charge >= 0.3 is 12.0 Å². The van der Waals surface area contributed by atoms with Crippen LogP contribution >= 0.6 is 11.6 Å². The van der Waals surface area contributed by atoms with Gasteiger partial charge in [0, 0.05) is 13.0 Å². The van der Waals surface area contributed by atoms with Crippen LogP contribution in [0.3, 0.4) is 0 Å². The van der Waals surface area contributed by atoms with Gasteiger partial charge in [0.1, 0.15) is 24.2 Å². The molecule has 2 atom stereocenters. The van der Waals surface area contributed by atoms with Crippen LogP contribution in [0.25, 0.3) is 0 Å². The number of halogens is 1. The van der Waals surface area contributed by atoms with E-state index >= 15 is 0 Å². The van der Waals surface area contributed by atoms with Crippen molar-refractivity contribution in [3.63, 3.8) is 0 Å². The number of ketones is 1. The van der Waals surface area contributed by atoms with Crippen molar-refractivity contribution < 1.29 is 38.2 Å². The smallest absolute Gasteiger partial charge is 0.338 e. The monoisotopic (exact) mass is 803 g/mol. The molecule has 4 rings (SSSR count). The number of para-hydroxylation sites is 1. The van der Waals surface area contributed by atoms with Gasteiger partial charge in [-0.2, -0.15) is 0 Å². The lowest BCUT2D eigenvalue weighted by molar-refractivity contribution is -0.146. The maximum Gasteiger partial charge on any atom is 0.338 e. The lowest BCUT2D eigenvalue weighted by Crippen LogP contribution is -2.50. The van der Waals surface area contributed by atoms with Gasteiger partial charge in [0.25, 0.3) is 5.91 Å². The molecular weight excluding hydrogens is 746 g/mol. The van der Waals surface area contributed by atoms with Crippen LogP contribution in [-0.2, 0) is 30.4 Å². The second kappa shape index (κ2) is 22.9. The number of carbonyl (C=O) groups is 5.